The number of carbonyl (C=O) groups is 1. The van der Waals surface area contributed by atoms with Gasteiger partial charge >= 0.3 is 0 Å². The predicted molar refractivity (Wildman–Crippen MR) is 107 cm³/mol. The fraction of sp³-hybridized carbons (Fsp3) is 0.632. The number of benzene rings is 1. The van der Waals surface area contributed by atoms with Crippen LogP contribution in [0.4, 0.5) is 0 Å². The quantitative estimate of drug-likeness (QED) is 0.735. The van der Waals surface area contributed by atoms with Gasteiger partial charge in [-0.15, -0.1) is 0 Å². The number of hydrogen-bond donors (Lipinski definition) is 2. The Labute approximate surface area is 171 Å². The van der Waals surface area contributed by atoms with Crippen LogP contribution in [0.2, 0.25) is 0 Å². The van der Waals surface area contributed by atoms with Crippen molar-refractivity contribution in [1.29, 1.82) is 0 Å². The molecule has 3 atom stereocenters. The largest absolute Gasteiger partial charge is 0.364 e. The fourth-order valence-electron chi connectivity index (χ4n) is 3.30. The van der Waals surface area contributed by atoms with E-state index in [1.165, 1.54) is 0 Å². The standard InChI is InChI=1S/C19H27Cl3N2O2/c1-12-10-24(11-13(2)26-12)17(19(20,21)22)23-16(25)14-6-8-15(9-7-14)18(3,4)5/h6-9,12-13,17H,10-11H2,1-5H3,(H,23,25)/p+1/t12-,13-,17+/m1/s1. The van der Waals surface area contributed by atoms with Crippen LogP contribution in [-0.2, 0) is 10.2 Å². The first kappa shape index (κ1) is 21.8. The third-order valence-electron chi connectivity index (χ3n) is 4.59. The summed E-state index contributed by atoms with van der Waals surface area (Å²) in [5, 5.41) is 2.91. The number of amides is 1. The lowest BCUT2D eigenvalue weighted by atomic mass is 9.87. The molecule has 4 nitrogen and oxygen atoms in total. The van der Waals surface area contributed by atoms with E-state index in [-0.39, 0.29) is 23.5 Å². The highest BCUT2D eigenvalue weighted by Crippen LogP contribution is 2.28. The number of nitrogens with one attached hydrogen (secondary N) is 2. The molecule has 2 rings (SSSR count). The number of halogens is 3. The Morgan fingerprint density at radius 2 is 1.62 bits per heavy atom. The van der Waals surface area contributed by atoms with Gasteiger partial charge in [-0.2, -0.15) is 0 Å². The van der Waals surface area contributed by atoms with Crippen molar-refractivity contribution >= 4 is 40.7 Å². The van der Waals surface area contributed by atoms with Gasteiger partial charge in [0.25, 0.3) is 9.70 Å². The van der Waals surface area contributed by atoms with Crippen molar-refractivity contribution in [3.63, 3.8) is 0 Å². The molecule has 0 aliphatic carbocycles. The van der Waals surface area contributed by atoms with E-state index in [0.717, 1.165) is 10.5 Å². The topological polar surface area (TPSA) is 42.8 Å². The molecule has 1 heterocycles. The third kappa shape index (κ3) is 5.74. The smallest absolute Gasteiger partial charge is 0.262 e. The highest BCUT2D eigenvalue weighted by atomic mass is 35.6. The van der Waals surface area contributed by atoms with Crippen LogP contribution in [0.3, 0.4) is 0 Å². The molecule has 26 heavy (non-hydrogen) atoms. The molecule has 7 heteroatoms. The van der Waals surface area contributed by atoms with Gasteiger partial charge < -0.3 is 9.64 Å². The molecule has 0 unspecified atom stereocenters. The first-order chi connectivity index (χ1) is 11.9. The maximum Gasteiger partial charge on any atom is 0.262 e. The second-order valence-electron chi connectivity index (χ2n) is 8.10. The number of ether oxygens (including phenoxy) is 1. The van der Waals surface area contributed by atoms with E-state index < -0.39 is 9.96 Å². The van der Waals surface area contributed by atoms with Crippen molar-refractivity contribution in [2.45, 2.75) is 62.2 Å². The summed E-state index contributed by atoms with van der Waals surface area (Å²) in [6.45, 7) is 11.7. The molecule has 1 aromatic rings. The van der Waals surface area contributed by atoms with Crippen LogP contribution < -0.4 is 10.2 Å². The fourth-order valence-corrected chi connectivity index (χ4v) is 3.93. The van der Waals surface area contributed by atoms with Gasteiger partial charge in [0, 0.05) is 5.56 Å². The minimum atomic E-state index is -1.62. The van der Waals surface area contributed by atoms with Crippen molar-refractivity contribution in [2.75, 3.05) is 13.1 Å². The van der Waals surface area contributed by atoms with E-state index in [2.05, 4.69) is 26.1 Å². The number of carbonyl (C=O) groups excluding carboxylic acids is 1. The van der Waals surface area contributed by atoms with Gasteiger partial charge in [-0.05, 0) is 37.0 Å². The zero-order chi connectivity index (χ0) is 19.7. The van der Waals surface area contributed by atoms with Crippen LogP contribution in [0.25, 0.3) is 0 Å². The third-order valence-corrected chi connectivity index (χ3v) is 5.24. The van der Waals surface area contributed by atoms with Gasteiger partial charge in [0.05, 0.1) is 0 Å². The molecule has 1 aliphatic heterocycles. The van der Waals surface area contributed by atoms with E-state index in [1.54, 1.807) is 0 Å². The number of rotatable bonds is 3. The summed E-state index contributed by atoms with van der Waals surface area (Å²) < 4.78 is 4.13. The molecular weight excluding hydrogens is 395 g/mol. The Bertz CT molecular complexity index is 613. The highest BCUT2D eigenvalue weighted by molar-refractivity contribution is 6.68. The Morgan fingerprint density at radius 1 is 1.12 bits per heavy atom. The van der Waals surface area contributed by atoms with E-state index >= 15 is 0 Å². The van der Waals surface area contributed by atoms with Crippen molar-refractivity contribution in [2.24, 2.45) is 0 Å². The Hall–Kier alpha value is -0.520. The van der Waals surface area contributed by atoms with Crippen LogP contribution in [0, 0.1) is 0 Å². The summed E-state index contributed by atoms with van der Waals surface area (Å²) in [5.74, 6) is -0.249. The molecule has 0 radical (unpaired) electrons. The van der Waals surface area contributed by atoms with Crippen molar-refractivity contribution in [3.05, 3.63) is 35.4 Å². The summed E-state index contributed by atoms with van der Waals surface area (Å²) in [7, 11) is 0. The van der Waals surface area contributed by atoms with Crippen LogP contribution in [-0.4, -0.2) is 41.2 Å². The monoisotopic (exact) mass is 421 g/mol. The summed E-state index contributed by atoms with van der Waals surface area (Å²) in [6, 6.07) is 7.55. The summed E-state index contributed by atoms with van der Waals surface area (Å²) in [6.07, 6.45) is -0.589. The van der Waals surface area contributed by atoms with Gasteiger partial charge in [0.2, 0.25) is 6.17 Å². The first-order valence-electron chi connectivity index (χ1n) is 8.86. The van der Waals surface area contributed by atoms with E-state index in [1.807, 2.05) is 38.1 Å². The Balaban J connectivity index is 2.16. The second kappa shape index (κ2) is 8.24. The Morgan fingerprint density at radius 3 is 2.04 bits per heavy atom. The normalized spacial score (nSPS) is 25.6. The minimum absolute atomic E-state index is 0.0271. The molecule has 0 saturated carbocycles. The van der Waals surface area contributed by atoms with Gasteiger partial charge in [-0.25, -0.2) is 0 Å². The van der Waals surface area contributed by atoms with Crippen molar-refractivity contribution < 1.29 is 14.4 Å². The molecule has 0 bridgehead atoms. The number of alkyl halides is 3. The maximum atomic E-state index is 12.7. The van der Waals surface area contributed by atoms with Crippen molar-refractivity contribution in [1.82, 2.24) is 5.32 Å². The summed E-state index contributed by atoms with van der Waals surface area (Å²) >= 11 is 18.6. The Kier molecular flexibility index (Phi) is 6.90. The SMILES string of the molecule is C[C@@H]1C[NH+]([C@H](NC(=O)c2ccc(C(C)(C)C)cc2)C(Cl)(Cl)Cl)C[C@@H](C)O1. The molecule has 146 valence electrons. The number of quaternary nitrogens is 1. The van der Waals surface area contributed by atoms with Crippen LogP contribution in [0.15, 0.2) is 24.3 Å². The zero-order valence-corrected chi connectivity index (χ0v) is 18.2. The number of morpholine rings is 1. The lowest BCUT2D eigenvalue weighted by Gasteiger charge is -2.39. The van der Waals surface area contributed by atoms with Crippen LogP contribution >= 0.6 is 34.8 Å². The van der Waals surface area contributed by atoms with Crippen molar-refractivity contribution in [3.8, 4) is 0 Å². The maximum absolute atomic E-state index is 12.7. The molecule has 1 aromatic carbocycles. The predicted octanol–water partition coefficient (Wildman–Crippen LogP) is 3.10. The first-order valence-corrected chi connectivity index (χ1v) is 9.99. The van der Waals surface area contributed by atoms with Gasteiger partial charge in [0.15, 0.2) is 0 Å². The summed E-state index contributed by atoms with van der Waals surface area (Å²) in [4.78, 5) is 13.7. The lowest BCUT2D eigenvalue weighted by Crippen LogP contribution is -3.22. The number of hydrogen-bond acceptors (Lipinski definition) is 2. The molecule has 1 fully saturated rings. The molecule has 0 aromatic heterocycles. The van der Waals surface area contributed by atoms with E-state index in [9.17, 15) is 4.79 Å². The van der Waals surface area contributed by atoms with E-state index in [4.69, 9.17) is 39.5 Å². The average molecular weight is 423 g/mol. The molecule has 1 saturated heterocycles. The van der Waals surface area contributed by atoms with Crippen LogP contribution in [0.1, 0.15) is 50.5 Å². The van der Waals surface area contributed by atoms with Gasteiger partial charge in [-0.3, -0.25) is 10.1 Å². The second-order valence-corrected chi connectivity index (χ2v) is 10.5. The van der Waals surface area contributed by atoms with Gasteiger partial charge in [-0.1, -0.05) is 67.7 Å². The summed E-state index contributed by atoms with van der Waals surface area (Å²) in [5.41, 5.74) is 1.73. The highest BCUT2D eigenvalue weighted by Gasteiger charge is 2.45. The van der Waals surface area contributed by atoms with Crippen LogP contribution in [0.5, 0.6) is 0 Å². The molecule has 1 amide bonds. The average Bonchev–Trinajstić information content (AvgIpc) is 2.49. The molecular formula is C19H28Cl3N2O2+. The molecule has 2 N–H and O–H groups in total. The molecule has 1 aliphatic rings. The molecule has 0 spiro atoms. The lowest BCUT2D eigenvalue weighted by molar-refractivity contribution is -0.941. The minimum Gasteiger partial charge on any atom is -0.364 e. The zero-order valence-electron chi connectivity index (χ0n) is 15.9. The van der Waals surface area contributed by atoms with E-state index in [0.29, 0.717) is 18.7 Å². The van der Waals surface area contributed by atoms with Gasteiger partial charge in [0.1, 0.15) is 25.3 Å².